The predicted molar refractivity (Wildman–Crippen MR) is 91.5 cm³/mol. The number of fused-ring (bicyclic) bond motifs is 1. The normalized spacial score (nSPS) is 14.3. The molecule has 3 aromatic heterocycles. The molecule has 0 atom stereocenters. The van der Waals surface area contributed by atoms with Gasteiger partial charge in [-0.2, -0.15) is 4.98 Å². The van der Waals surface area contributed by atoms with E-state index in [0.717, 1.165) is 40.3 Å². The largest absolute Gasteiger partial charge is 0.334 e. The van der Waals surface area contributed by atoms with Gasteiger partial charge in [-0.05, 0) is 56.0 Å². The van der Waals surface area contributed by atoms with Crippen LogP contribution >= 0.6 is 0 Å². The second-order valence-electron chi connectivity index (χ2n) is 6.48. The van der Waals surface area contributed by atoms with Gasteiger partial charge in [-0.15, -0.1) is 5.10 Å². The lowest BCUT2D eigenvalue weighted by Gasteiger charge is -2.00. The quantitative estimate of drug-likeness (QED) is 0.570. The fraction of sp³-hybridized carbons (Fsp3) is 0.278. The van der Waals surface area contributed by atoms with Crippen LogP contribution < -0.4 is 0 Å². The van der Waals surface area contributed by atoms with Gasteiger partial charge in [0, 0.05) is 29.6 Å². The zero-order chi connectivity index (χ0) is 16.8. The fourth-order valence-corrected chi connectivity index (χ4v) is 2.96. The minimum atomic E-state index is 0.469. The number of rotatable bonds is 4. The number of aromatic nitrogens is 6. The first-order chi connectivity index (χ1) is 12.3. The zero-order valence-corrected chi connectivity index (χ0v) is 13.8. The summed E-state index contributed by atoms with van der Waals surface area (Å²) in [5.41, 5.74) is 4.46. The molecule has 0 unspecified atom stereocenters. The molecule has 1 aromatic carbocycles. The SMILES string of the molecule is Cc1ncccc1-c1noc(-c2ccc3c(c2)nnn3CC2CC2)n1. The number of benzene rings is 1. The predicted octanol–water partition coefficient (Wildman–Crippen LogP) is 3.26. The van der Waals surface area contributed by atoms with Crippen molar-refractivity contribution in [2.24, 2.45) is 5.92 Å². The summed E-state index contributed by atoms with van der Waals surface area (Å²) in [7, 11) is 0. The average molecular weight is 332 g/mol. The Balaban J connectivity index is 1.50. The lowest BCUT2D eigenvalue weighted by Crippen LogP contribution is -2.01. The van der Waals surface area contributed by atoms with Gasteiger partial charge in [-0.3, -0.25) is 4.98 Å². The van der Waals surface area contributed by atoms with E-state index in [1.807, 2.05) is 41.9 Å². The molecular weight excluding hydrogens is 316 g/mol. The minimum Gasteiger partial charge on any atom is -0.334 e. The van der Waals surface area contributed by atoms with Crippen molar-refractivity contribution in [3.05, 3.63) is 42.2 Å². The van der Waals surface area contributed by atoms with Gasteiger partial charge in [0.25, 0.3) is 5.89 Å². The first-order valence-corrected chi connectivity index (χ1v) is 8.37. The Morgan fingerprint density at radius 1 is 1.24 bits per heavy atom. The molecule has 124 valence electrons. The molecule has 0 spiro atoms. The third kappa shape index (κ3) is 2.57. The lowest BCUT2D eigenvalue weighted by molar-refractivity contribution is 0.432. The van der Waals surface area contributed by atoms with Crippen LogP contribution in [0.25, 0.3) is 33.9 Å². The third-order valence-electron chi connectivity index (χ3n) is 4.56. The van der Waals surface area contributed by atoms with Gasteiger partial charge in [-0.1, -0.05) is 10.4 Å². The van der Waals surface area contributed by atoms with Crippen LogP contribution in [0, 0.1) is 12.8 Å². The molecule has 1 aliphatic rings. The highest BCUT2D eigenvalue weighted by molar-refractivity contribution is 5.79. The molecule has 25 heavy (non-hydrogen) atoms. The van der Waals surface area contributed by atoms with Crippen LogP contribution in [0.4, 0.5) is 0 Å². The van der Waals surface area contributed by atoms with Crippen molar-refractivity contribution in [2.45, 2.75) is 26.3 Å². The van der Waals surface area contributed by atoms with Crippen molar-refractivity contribution < 1.29 is 4.52 Å². The molecule has 0 saturated heterocycles. The summed E-state index contributed by atoms with van der Waals surface area (Å²) in [5.74, 6) is 1.76. The maximum Gasteiger partial charge on any atom is 0.258 e. The number of pyridine rings is 1. The van der Waals surface area contributed by atoms with Gasteiger partial charge < -0.3 is 4.52 Å². The Bertz CT molecular complexity index is 1060. The maximum absolute atomic E-state index is 5.45. The van der Waals surface area contributed by atoms with Crippen LogP contribution in [0.2, 0.25) is 0 Å². The van der Waals surface area contributed by atoms with Gasteiger partial charge in [-0.25, -0.2) is 4.68 Å². The molecule has 0 bridgehead atoms. The summed E-state index contributed by atoms with van der Waals surface area (Å²) >= 11 is 0. The Labute approximate surface area is 143 Å². The van der Waals surface area contributed by atoms with Crippen LogP contribution in [0.5, 0.6) is 0 Å². The smallest absolute Gasteiger partial charge is 0.258 e. The van der Waals surface area contributed by atoms with Gasteiger partial charge in [0.2, 0.25) is 5.82 Å². The highest BCUT2D eigenvalue weighted by atomic mass is 16.5. The van der Waals surface area contributed by atoms with Crippen LogP contribution in [0.15, 0.2) is 41.1 Å². The summed E-state index contributed by atoms with van der Waals surface area (Å²) in [6.45, 7) is 2.87. The van der Waals surface area contributed by atoms with E-state index >= 15 is 0 Å². The van der Waals surface area contributed by atoms with Crippen molar-refractivity contribution in [3.63, 3.8) is 0 Å². The lowest BCUT2D eigenvalue weighted by atomic mass is 10.2. The maximum atomic E-state index is 5.45. The molecule has 0 amide bonds. The summed E-state index contributed by atoms with van der Waals surface area (Å²) in [5, 5.41) is 12.6. The Kier molecular flexibility index (Phi) is 3.12. The van der Waals surface area contributed by atoms with Crippen LogP contribution in [-0.2, 0) is 6.54 Å². The number of nitrogens with zero attached hydrogens (tertiary/aromatic N) is 6. The van der Waals surface area contributed by atoms with Crippen molar-refractivity contribution in [3.8, 4) is 22.8 Å². The van der Waals surface area contributed by atoms with E-state index in [4.69, 9.17) is 4.52 Å². The second-order valence-corrected chi connectivity index (χ2v) is 6.48. The minimum absolute atomic E-state index is 0.469. The van der Waals surface area contributed by atoms with Gasteiger partial charge in [0.1, 0.15) is 5.52 Å². The van der Waals surface area contributed by atoms with Crippen molar-refractivity contribution in [1.82, 2.24) is 30.1 Å². The molecule has 0 N–H and O–H groups in total. The molecule has 1 fully saturated rings. The molecule has 1 saturated carbocycles. The molecule has 7 nitrogen and oxygen atoms in total. The molecule has 7 heteroatoms. The van der Waals surface area contributed by atoms with E-state index in [-0.39, 0.29) is 0 Å². The monoisotopic (exact) mass is 332 g/mol. The van der Waals surface area contributed by atoms with E-state index in [9.17, 15) is 0 Å². The van der Waals surface area contributed by atoms with Crippen molar-refractivity contribution in [2.75, 3.05) is 0 Å². The molecule has 1 aliphatic carbocycles. The number of hydrogen-bond donors (Lipinski definition) is 0. The molecule has 5 rings (SSSR count). The highest BCUT2D eigenvalue weighted by Gasteiger charge is 2.23. The highest BCUT2D eigenvalue weighted by Crippen LogP contribution is 2.32. The fourth-order valence-electron chi connectivity index (χ4n) is 2.96. The van der Waals surface area contributed by atoms with E-state index in [1.165, 1.54) is 12.8 Å². The Hall–Kier alpha value is -3.09. The Morgan fingerprint density at radius 2 is 2.16 bits per heavy atom. The number of hydrogen-bond acceptors (Lipinski definition) is 6. The first kappa shape index (κ1) is 14.3. The van der Waals surface area contributed by atoms with Crippen LogP contribution in [0.3, 0.4) is 0 Å². The standard InChI is InChI=1S/C18H16N6O/c1-11-14(3-2-8-19-11)17-20-18(25-22-17)13-6-7-16-15(9-13)21-23-24(16)10-12-4-5-12/h2-3,6-9,12H,4-5,10H2,1H3. The average Bonchev–Trinajstić information content (AvgIpc) is 3.16. The van der Waals surface area contributed by atoms with Gasteiger partial charge >= 0.3 is 0 Å². The topological polar surface area (TPSA) is 82.5 Å². The zero-order valence-electron chi connectivity index (χ0n) is 13.8. The van der Waals surface area contributed by atoms with E-state index in [1.54, 1.807) is 6.20 Å². The Morgan fingerprint density at radius 3 is 3.00 bits per heavy atom. The van der Waals surface area contributed by atoms with Gasteiger partial charge in [0.15, 0.2) is 0 Å². The van der Waals surface area contributed by atoms with Crippen LogP contribution in [0.1, 0.15) is 18.5 Å². The molecule has 0 aliphatic heterocycles. The molecule has 4 aromatic rings. The molecule has 3 heterocycles. The second kappa shape index (κ2) is 5.47. The molecule has 0 radical (unpaired) electrons. The summed E-state index contributed by atoms with van der Waals surface area (Å²) < 4.78 is 7.43. The first-order valence-electron chi connectivity index (χ1n) is 8.37. The van der Waals surface area contributed by atoms with E-state index in [0.29, 0.717) is 11.7 Å². The molecular formula is C18H16N6O. The van der Waals surface area contributed by atoms with Gasteiger partial charge in [0.05, 0.1) is 5.52 Å². The van der Waals surface area contributed by atoms with E-state index < -0.39 is 0 Å². The van der Waals surface area contributed by atoms with Crippen molar-refractivity contribution >= 4 is 11.0 Å². The van der Waals surface area contributed by atoms with Crippen LogP contribution in [-0.4, -0.2) is 30.1 Å². The summed E-state index contributed by atoms with van der Waals surface area (Å²) in [4.78, 5) is 8.78. The third-order valence-corrected chi connectivity index (χ3v) is 4.56. The number of aryl methyl sites for hydroxylation is 1. The summed E-state index contributed by atoms with van der Waals surface area (Å²) in [6.07, 6.45) is 4.33. The van der Waals surface area contributed by atoms with Crippen molar-refractivity contribution in [1.29, 1.82) is 0 Å². The summed E-state index contributed by atoms with van der Waals surface area (Å²) in [6, 6.07) is 9.74. The van der Waals surface area contributed by atoms with E-state index in [2.05, 4.69) is 25.4 Å².